The minimum atomic E-state index is -0.168. The van der Waals surface area contributed by atoms with E-state index in [9.17, 15) is 9.59 Å². The predicted molar refractivity (Wildman–Crippen MR) is 125 cm³/mol. The number of carbonyl (C=O) groups excluding carboxylic acids is 2. The lowest BCUT2D eigenvalue weighted by atomic mass is 10.1. The van der Waals surface area contributed by atoms with Gasteiger partial charge in [0.15, 0.2) is 5.13 Å². The van der Waals surface area contributed by atoms with Crippen LogP contribution in [0.2, 0.25) is 0 Å². The van der Waals surface area contributed by atoms with Gasteiger partial charge >= 0.3 is 6.03 Å². The van der Waals surface area contributed by atoms with Crippen molar-refractivity contribution in [2.24, 2.45) is 0 Å². The summed E-state index contributed by atoms with van der Waals surface area (Å²) in [7, 11) is 0. The fraction of sp³-hybridized carbons (Fsp3) is 0.522. The van der Waals surface area contributed by atoms with E-state index in [1.54, 1.807) is 0 Å². The molecule has 3 N–H and O–H groups in total. The maximum Gasteiger partial charge on any atom is 0.321 e. The van der Waals surface area contributed by atoms with Gasteiger partial charge < -0.3 is 10.6 Å². The molecule has 3 amide bonds. The van der Waals surface area contributed by atoms with Crippen molar-refractivity contribution < 1.29 is 9.59 Å². The lowest BCUT2D eigenvalue weighted by molar-refractivity contribution is -0.117. The Morgan fingerprint density at radius 3 is 2.55 bits per heavy atom. The van der Waals surface area contributed by atoms with Crippen LogP contribution in [0.25, 0.3) is 0 Å². The van der Waals surface area contributed by atoms with Crippen LogP contribution in [0.1, 0.15) is 52.9 Å². The van der Waals surface area contributed by atoms with Crippen molar-refractivity contribution in [1.29, 1.82) is 0 Å². The number of rotatable bonds is 5. The Morgan fingerprint density at radius 2 is 1.84 bits per heavy atom. The molecule has 1 aromatic carbocycles. The Kier molecular flexibility index (Phi) is 6.57. The van der Waals surface area contributed by atoms with Gasteiger partial charge in [-0.2, -0.15) is 0 Å². The molecule has 1 saturated carbocycles. The zero-order valence-corrected chi connectivity index (χ0v) is 19.3. The molecule has 4 rings (SSSR count). The van der Waals surface area contributed by atoms with Gasteiger partial charge in [-0.3, -0.25) is 15.0 Å². The maximum atomic E-state index is 12.7. The minimum Gasteiger partial charge on any atom is -0.335 e. The van der Waals surface area contributed by atoms with Crippen molar-refractivity contribution in [1.82, 2.24) is 15.2 Å². The van der Waals surface area contributed by atoms with Gasteiger partial charge in [-0.25, -0.2) is 9.78 Å². The van der Waals surface area contributed by atoms with Gasteiger partial charge in [0.25, 0.3) is 0 Å². The highest BCUT2D eigenvalue weighted by Gasteiger charge is 2.24. The number of carbonyl (C=O) groups is 2. The standard InChI is InChI=1S/C23H31N5O2S/c1-14-10-15(2)21(16(3)11-14)26-20(29)13-28-9-8-18-19(12-28)31-23(25-18)27-22(30)24-17-6-4-5-7-17/h10-11,17H,4-9,12-13H2,1-3H3,(H,26,29)(H2,24,25,27,30). The fourth-order valence-electron chi connectivity index (χ4n) is 4.58. The summed E-state index contributed by atoms with van der Waals surface area (Å²) in [4.78, 5) is 32.7. The van der Waals surface area contributed by atoms with Crippen LogP contribution in [0.5, 0.6) is 0 Å². The summed E-state index contributed by atoms with van der Waals surface area (Å²) in [5, 5.41) is 9.64. The highest BCUT2D eigenvalue weighted by Crippen LogP contribution is 2.29. The Labute approximate surface area is 187 Å². The molecule has 0 atom stereocenters. The molecule has 1 aliphatic heterocycles. The van der Waals surface area contributed by atoms with Gasteiger partial charge in [0.1, 0.15) is 0 Å². The van der Waals surface area contributed by atoms with E-state index in [0.29, 0.717) is 18.2 Å². The molecule has 0 saturated heterocycles. The molecule has 0 bridgehead atoms. The van der Waals surface area contributed by atoms with Gasteiger partial charge in [-0.1, -0.05) is 30.5 Å². The average Bonchev–Trinajstić information content (AvgIpc) is 3.33. The smallest absolute Gasteiger partial charge is 0.321 e. The SMILES string of the molecule is Cc1cc(C)c(NC(=O)CN2CCc3nc(NC(=O)NC4CCCC4)sc3C2)c(C)c1. The van der Waals surface area contributed by atoms with Crippen molar-refractivity contribution in [3.8, 4) is 0 Å². The second-order valence-corrected chi connectivity index (χ2v) is 9.83. The quantitative estimate of drug-likeness (QED) is 0.651. The number of nitrogens with zero attached hydrogens (tertiary/aromatic N) is 2. The molecule has 0 spiro atoms. The number of fused-ring (bicyclic) bond motifs is 1. The van der Waals surface area contributed by atoms with Crippen LogP contribution in [0.4, 0.5) is 15.6 Å². The van der Waals surface area contributed by atoms with Gasteiger partial charge in [0, 0.05) is 36.1 Å². The highest BCUT2D eigenvalue weighted by molar-refractivity contribution is 7.15. The van der Waals surface area contributed by atoms with Crippen LogP contribution >= 0.6 is 11.3 Å². The second-order valence-electron chi connectivity index (χ2n) is 8.75. The number of thiazole rings is 1. The lowest BCUT2D eigenvalue weighted by Gasteiger charge is -2.25. The molecule has 7 nitrogen and oxygen atoms in total. The maximum absolute atomic E-state index is 12.7. The first-order valence-corrected chi connectivity index (χ1v) is 11.8. The number of benzene rings is 1. The van der Waals surface area contributed by atoms with Crippen molar-refractivity contribution in [2.45, 2.75) is 65.5 Å². The molecular formula is C23H31N5O2S. The highest BCUT2D eigenvalue weighted by atomic mass is 32.1. The molecule has 2 heterocycles. The first-order chi connectivity index (χ1) is 14.9. The first kappa shape index (κ1) is 21.8. The molecule has 2 aliphatic rings. The third-order valence-corrected chi connectivity index (χ3v) is 7.03. The predicted octanol–water partition coefficient (Wildman–Crippen LogP) is 4.13. The molecule has 166 valence electrons. The van der Waals surface area contributed by atoms with E-state index in [-0.39, 0.29) is 18.0 Å². The fourth-order valence-corrected chi connectivity index (χ4v) is 5.63. The topological polar surface area (TPSA) is 86.4 Å². The number of anilines is 2. The molecule has 8 heteroatoms. The Bertz CT molecular complexity index is 957. The van der Waals surface area contributed by atoms with Crippen LogP contribution in [-0.2, 0) is 17.8 Å². The largest absolute Gasteiger partial charge is 0.335 e. The molecule has 0 radical (unpaired) electrons. The van der Waals surface area contributed by atoms with Gasteiger partial charge in [0.2, 0.25) is 5.91 Å². The number of aromatic nitrogens is 1. The molecular weight excluding hydrogens is 410 g/mol. The van der Waals surface area contributed by atoms with Gasteiger partial charge in [-0.15, -0.1) is 11.3 Å². The van der Waals surface area contributed by atoms with Crippen LogP contribution in [0.15, 0.2) is 12.1 Å². The van der Waals surface area contributed by atoms with Crippen molar-refractivity contribution in [3.63, 3.8) is 0 Å². The molecule has 1 aromatic heterocycles. The zero-order valence-electron chi connectivity index (χ0n) is 18.5. The third kappa shape index (κ3) is 5.43. The Hall–Kier alpha value is -2.45. The third-order valence-electron chi connectivity index (χ3n) is 6.03. The second kappa shape index (κ2) is 9.36. The number of aryl methyl sites for hydroxylation is 3. The van der Waals surface area contributed by atoms with Crippen molar-refractivity contribution in [2.75, 3.05) is 23.7 Å². The summed E-state index contributed by atoms with van der Waals surface area (Å²) in [5.74, 6) is -0.00249. The van der Waals surface area contributed by atoms with Crippen molar-refractivity contribution in [3.05, 3.63) is 39.4 Å². The molecule has 31 heavy (non-hydrogen) atoms. The van der Waals surface area contributed by atoms with E-state index in [4.69, 9.17) is 0 Å². The summed E-state index contributed by atoms with van der Waals surface area (Å²) in [6, 6.07) is 4.29. The number of nitrogens with one attached hydrogen (secondary N) is 3. The van der Waals surface area contributed by atoms with E-state index < -0.39 is 0 Å². The van der Waals surface area contributed by atoms with Gasteiger partial charge in [0.05, 0.1) is 12.2 Å². The van der Waals surface area contributed by atoms with E-state index in [0.717, 1.165) is 53.2 Å². The zero-order chi connectivity index (χ0) is 22.0. The summed E-state index contributed by atoms with van der Waals surface area (Å²) in [5.41, 5.74) is 5.30. The summed E-state index contributed by atoms with van der Waals surface area (Å²) in [6.45, 7) is 7.92. The lowest BCUT2D eigenvalue weighted by Crippen LogP contribution is -2.37. The van der Waals surface area contributed by atoms with Crippen molar-refractivity contribution >= 4 is 34.1 Å². The number of hydrogen-bond donors (Lipinski definition) is 3. The number of urea groups is 1. The van der Waals surface area contributed by atoms with E-state index in [1.807, 2.05) is 13.8 Å². The monoisotopic (exact) mass is 441 g/mol. The number of hydrogen-bond acceptors (Lipinski definition) is 5. The summed E-state index contributed by atoms with van der Waals surface area (Å²) < 4.78 is 0. The van der Waals surface area contributed by atoms with E-state index >= 15 is 0 Å². The van der Waals surface area contributed by atoms with E-state index in [2.05, 4.69) is 44.9 Å². The molecule has 1 aliphatic carbocycles. The van der Waals surface area contributed by atoms with Crippen LogP contribution in [0, 0.1) is 20.8 Å². The Balaban J connectivity index is 1.31. The van der Waals surface area contributed by atoms with Gasteiger partial charge in [-0.05, 0) is 44.7 Å². The molecule has 2 aromatic rings. The summed E-state index contributed by atoms with van der Waals surface area (Å²) >= 11 is 1.51. The van der Waals surface area contributed by atoms with Crippen LogP contribution in [-0.4, -0.2) is 41.0 Å². The molecule has 0 unspecified atom stereocenters. The average molecular weight is 442 g/mol. The number of amides is 3. The minimum absolute atomic E-state index is 0.00249. The van der Waals surface area contributed by atoms with E-state index in [1.165, 1.54) is 29.7 Å². The summed E-state index contributed by atoms with van der Waals surface area (Å²) in [6.07, 6.45) is 5.26. The first-order valence-electron chi connectivity index (χ1n) is 11.0. The normalized spacial score (nSPS) is 16.7. The van der Waals surface area contributed by atoms with Crippen LogP contribution < -0.4 is 16.0 Å². The molecule has 1 fully saturated rings. The van der Waals surface area contributed by atoms with Crippen LogP contribution in [0.3, 0.4) is 0 Å². The Morgan fingerprint density at radius 1 is 1.13 bits per heavy atom.